The molecule has 0 unspecified atom stereocenters. The van der Waals surface area contributed by atoms with Gasteiger partial charge in [-0.05, 0) is 26.0 Å². The lowest BCUT2D eigenvalue weighted by molar-refractivity contribution is 0.100. The zero-order valence-electron chi connectivity index (χ0n) is 11.2. The van der Waals surface area contributed by atoms with Gasteiger partial charge in [-0.1, -0.05) is 0 Å². The number of nitrogens with one attached hydrogen (secondary N) is 1. The number of hydrogen-bond acceptors (Lipinski definition) is 5. The summed E-state index contributed by atoms with van der Waals surface area (Å²) in [6, 6.07) is 2.32. The van der Waals surface area contributed by atoms with Gasteiger partial charge in [0.2, 0.25) is 5.89 Å². The zero-order valence-corrected chi connectivity index (χ0v) is 11.2. The normalized spacial score (nSPS) is 10.6. The smallest absolute Gasteiger partial charge is 0.250 e. The number of carbonyl (C=O) groups is 1. The van der Waals surface area contributed by atoms with Crippen LogP contribution in [-0.2, 0) is 6.54 Å². The number of amides is 1. The second-order valence-electron chi connectivity index (χ2n) is 4.39. The Morgan fingerprint density at radius 3 is 2.70 bits per heavy atom. The van der Waals surface area contributed by atoms with E-state index in [1.807, 2.05) is 6.92 Å². The number of primary amides is 1. The van der Waals surface area contributed by atoms with Crippen LogP contribution in [0.4, 0.5) is 15.8 Å². The first-order valence-electron chi connectivity index (χ1n) is 5.94. The highest BCUT2D eigenvalue weighted by Crippen LogP contribution is 2.22. The van der Waals surface area contributed by atoms with Crippen molar-refractivity contribution < 1.29 is 13.6 Å². The van der Waals surface area contributed by atoms with E-state index >= 15 is 0 Å². The van der Waals surface area contributed by atoms with Crippen molar-refractivity contribution in [2.75, 3.05) is 11.1 Å². The van der Waals surface area contributed by atoms with E-state index < -0.39 is 11.7 Å². The highest BCUT2D eigenvalue weighted by atomic mass is 19.1. The van der Waals surface area contributed by atoms with E-state index in [0.717, 1.165) is 11.8 Å². The molecule has 0 bridgehead atoms. The summed E-state index contributed by atoms with van der Waals surface area (Å²) in [7, 11) is 0. The minimum atomic E-state index is -0.714. The van der Waals surface area contributed by atoms with Gasteiger partial charge in [-0.25, -0.2) is 9.37 Å². The average Bonchev–Trinajstić information content (AvgIpc) is 2.67. The van der Waals surface area contributed by atoms with Crippen LogP contribution in [0.3, 0.4) is 0 Å². The zero-order chi connectivity index (χ0) is 14.9. The van der Waals surface area contributed by atoms with Crippen LogP contribution in [0.25, 0.3) is 0 Å². The summed E-state index contributed by atoms with van der Waals surface area (Å²) in [5.74, 6) is -0.157. The van der Waals surface area contributed by atoms with Crippen LogP contribution < -0.4 is 16.8 Å². The highest BCUT2D eigenvalue weighted by Gasteiger charge is 2.13. The van der Waals surface area contributed by atoms with Crippen LogP contribution in [-0.4, -0.2) is 10.9 Å². The molecular weight excluding hydrogens is 263 g/mol. The second-order valence-corrected chi connectivity index (χ2v) is 4.39. The molecule has 0 aliphatic rings. The van der Waals surface area contributed by atoms with E-state index in [-0.39, 0.29) is 23.5 Å². The molecule has 20 heavy (non-hydrogen) atoms. The van der Waals surface area contributed by atoms with E-state index in [2.05, 4.69) is 10.3 Å². The molecule has 0 saturated heterocycles. The Bertz CT molecular complexity index is 647. The first kappa shape index (κ1) is 13.9. The van der Waals surface area contributed by atoms with Crippen molar-refractivity contribution in [1.29, 1.82) is 0 Å². The number of carbonyl (C=O) groups excluding carboxylic acids is 1. The Hall–Kier alpha value is -2.57. The molecule has 0 aliphatic carbocycles. The molecule has 0 saturated carbocycles. The molecule has 1 aromatic heterocycles. The Labute approximate surface area is 115 Å². The third-order valence-corrected chi connectivity index (χ3v) is 2.91. The van der Waals surface area contributed by atoms with Crippen molar-refractivity contribution in [1.82, 2.24) is 4.98 Å². The Morgan fingerprint density at radius 2 is 2.15 bits per heavy atom. The van der Waals surface area contributed by atoms with Crippen LogP contribution in [0.1, 0.15) is 27.7 Å². The number of nitrogen functional groups attached to an aromatic ring is 1. The predicted molar refractivity (Wildman–Crippen MR) is 72.6 cm³/mol. The van der Waals surface area contributed by atoms with Crippen LogP contribution in [0.15, 0.2) is 16.5 Å². The van der Waals surface area contributed by atoms with Gasteiger partial charge in [-0.15, -0.1) is 0 Å². The molecule has 2 rings (SSSR count). The van der Waals surface area contributed by atoms with Crippen molar-refractivity contribution >= 4 is 17.3 Å². The maximum Gasteiger partial charge on any atom is 0.250 e. The van der Waals surface area contributed by atoms with Crippen LogP contribution in [0.2, 0.25) is 0 Å². The van der Waals surface area contributed by atoms with Gasteiger partial charge in [0.1, 0.15) is 11.6 Å². The summed E-state index contributed by atoms with van der Waals surface area (Å²) < 4.78 is 19.1. The summed E-state index contributed by atoms with van der Waals surface area (Å²) in [4.78, 5) is 15.3. The second kappa shape index (κ2) is 5.20. The number of nitrogens with zero attached hydrogens (tertiary/aromatic N) is 1. The molecule has 7 heteroatoms. The summed E-state index contributed by atoms with van der Waals surface area (Å²) in [6.07, 6.45) is 0. The molecule has 1 heterocycles. The van der Waals surface area contributed by atoms with Crippen LogP contribution in [0.5, 0.6) is 0 Å². The number of hydrogen-bond donors (Lipinski definition) is 3. The quantitative estimate of drug-likeness (QED) is 0.738. The fourth-order valence-electron chi connectivity index (χ4n) is 1.72. The van der Waals surface area contributed by atoms with Crippen LogP contribution in [0, 0.1) is 19.7 Å². The molecule has 0 aliphatic heterocycles. The minimum absolute atomic E-state index is 0.00311. The summed E-state index contributed by atoms with van der Waals surface area (Å²) in [6.45, 7) is 3.80. The number of nitrogens with two attached hydrogens (primary N) is 2. The van der Waals surface area contributed by atoms with E-state index in [1.165, 1.54) is 6.07 Å². The van der Waals surface area contributed by atoms with Gasteiger partial charge in [0, 0.05) is 5.69 Å². The van der Waals surface area contributed by atoms with Gasteiger partial charge in [0.05, 0.1) is 23.5 Å². The maximum atomic E-state index is 13.7. The number of rotatable bonds is 4. The number of aryl methyl sites for hydroxylation is 2. The summed E-state index contributed by atoms with van der Waals surface area (Å²) in [5, 5.41) is 2.80. The van der Waals surface area contributed by atoms with E-state index in [4.69, 9.17) is 15.9 Å². The van der Waals surface area contributed by atoms with E-state index in [0.29, 0.717) is 11.7 Å². The molecule has 2 aromatic rings. The van der Waals surface area contributed by atoms with Crippen molar-refractivity contribution in [2.24, 2.45) is 5.73 Å². The lowest BCUT2D eigenvalue weighted by Gasteiger charge is -2.09. The topological polar surface area (TPSA) is 107 Å². The molecule has 0 spiro atoms. The molecule has 5 N–H and O–H groups in total. The van der Waals surface area contributed by atoms with Crippen molar-refractivity contribution in [3.05, 3.63) is 40.9 Å². The summed E-state index contributed by atoms with van der Waals surface area (Å²) in [5.41, 5.74) is 11.6. The van der Waals surface area contributed by atoms with Crippen molar-refractivity contribution in [3.8, 4) is 0 Å². The number of oxazole rings is 1. The maximum absolute atomic E-state index is 13.7. The third kappa shape index (κ3) is 2.71. The molecule has 1 amide bonds. The monoisotopic (exact) mass is 278 g/mol. The SMILES string of the molecule is Cc1nc(CNc2cc(C(N)=O)c(N)cc2F)oc1C. The van der Waals surface area contributed by atoms with Crippen molar-refractivity contribution in [3.63, 3.8) is 0 Å². The third-order valence-electron chi connectivity index (χ3n) is 2.91. The van der Waals surface area contributed by atoms with E-state index in [9.17, 15) is 9.18 Å². The molecule has 6 nitrogen and oxygen atoms in total. The molecule has 0 fully saturated rings. The standard InChI is InChI=1S/C13H15FN4O2/c1-6-7(2)20-12(18-6)5-17-11-3-8(13(16)19)10(15)4-9(11)14/h3-4,17H,5,15H2,1-2H3,(H2,16,19). The first-order valence-corrected chi connectivity index (χ1v) is 5.94. The fraction of sp³-hybridized carbons (Fsp3) is 0.231. The molecule has 1 aromatic carbocycles. The van der Waals surface area contributed by atoms with Gasteiger partial charge in [0.15, 0.2) is 0 Å². The Balaban J connectivity index is 2.21. The number of aromatic nitrogens is 1. The highest BCUT2D eigenvalue weighted by molar-refractivity contribution is 5.99. The number of anilines is 2. The Kier molecular flexibility index (Phi) is 3.60. The van der Waals surface area contributed by atoms with Gasteiger partial charge < -0.3 is 21.2 Å². The fourth-order valence-corrected chi connectivity index (χ4v) is 1.72. The predicted octanol–water partition coefficient (Wildman–Crippen LogP) is 1.72. The lowest BCUT2D eigenvalue weighted by Crippen LogP contribution is -2.15. The van der Waals surface area contributed by atoms with Crippen molar-refractivity contribution in [2.45, 2.75) is 20.4 Å². The largest absolute Gasteiger partial charge is 0.444 e. The van der Waals surface area contributed by atoms with Gasteiger partial charge in [-0.3, -0.25) is 4.79 Å². The molecule has 0 radical (unpaired) electrons. The molecule has 106 valence electrons. The van der Waals surface area contributed by atoms with Crippen LogP contribution >= 0.6 is 0 Å². The molecule has 0 atom stereocenters. The lowest BCUT2D eigenvalue weighted by atomic mass is 10.1. The minimum Gasteiger partial charge on any atom is -0.444 e. The summed E-state index contributed by atoms with van der Waals surface area (Å²) >= 11 is 0. The molecular formula is C13H15FN4O2. The van der Waals surface area contributed by atoms with Gasteiger partial charge in [0.25, 0.3) is 5.91 Å². The number of halogens is 1. The number of benzene rings is 1. The average molecular weight is 278 g/mol. The van der Waals surface area contributed by atoms with Gasteiger partial charge >= 0.3 is 0 Å². The first-order chi connectivity index (χ1) is 9.38. The Morgan fingerprint density at radius 1 is 1.45 bits per heavy atom. The van der Waals surface area contributed by atoms with Gasteiger partial charge in [-0.2, -0.15) is 0 Å². The van der Waals surface area contributed by atoms with E-state index in [1.54, 1.807) is 6.92 Å².